The van der Waals surface area contributed by atoms with E-state index in [2.05, 4.69) is 27.3 Å². The normalized spacial score (nSPS) is 10.8. The van der Waals surface area contributed by atoms with Crippen molar-refractivity contribution in [3.63, 3.8) is 0 Å². The first kappa shape index (κ1) is 15.4. The topological polar surface area (TPSA) is 39.1 Å². The largest absolute Gasteiger partial charge is 0.382 e. The summed E-state index contributed by atoms with van der Waals surface area (Å²) in [6.07, 6.45) is 6.46. The molecular weight excluding hydrogens is 246 g/mol. The summed E-state index contributed by atoms with van der Waals surface area (Å²) < 4.78 is 7.53. The highest BCUT2D eigenvalue weighted by molar-refractivity contribution is 7.98. The molecule has 1 heterocycles. The monoisotopic (exact) mass is 271 g/mol. The minimum absolute atomic E-state index is 0.794. The van der Waals surface area contributed by atoms with Gasteiger partial charge < -0.3 is 14.6 Å². The maximum Gasteiger partial charge on any atom is 0.203 e. The number of nitrogens with zero attached hydrogens (tertiary/aromatic N) is 2. The molecule has 0 aliphatic heterocycles. The van der Waals surface area contributed by atoms with Crippen LogP contribution in [0.25, 0.3) is 0 Å². The van der Waals surface area contributed by atoms with Crippen molar-refractivity contribution in [2.24, 2.45) is 0 Å². The Labute approximate surface area is 115 Å². The highest BCUT2D eigenvalue weighted by Crippen LogP contribution is 2.10. The number of aromatic nitrogens is 2. The highest BCUT2D eigenvalue weighted by atomic mass is 32.2. The summed E-state index contributed by atoms with van der Waals surface area (Å²) in [6.45, 7) is 7.62. The van der Waals surface area contributed by atoms with E-state index in [0.29, 0.717) is 0 Å². The lowest BCUT2D eigenvalue weighted by Gasteiger charge is -2.09. The summed E-state index contributed by atoms with van der Waals surface area (Å²) in [4.78, 5) is 4.51. The molecule has 0 fully saturated rings. The fourth-order valence-electron chi connectivity index (χ4n) is 1.76. The van der Waals surface area contributed by atoms with Gasteiger partial charge in [-0.25, -0.2) is 4.98 Å². The number of hydrogen-bond donors (Lipinski definition) is 1. The smallest absolute Gasteiger partial charge is 0.203 e. The summed E-state index contributed by atoms with van der Waals surface area (Å²) in [5.74, 6) is 2.19. The molecule has 1 rings (SSSR count). The van der Waals surface area contributed by atoms with E-state index < -0.39 is 0 Å². The summed E-state index contributed by atoms with van der Waals surface area (Å²) in [7, 11) is 0. The minimum Gasteiger partial charge on any atom is -0.382 e. The number of ether oxygens (including phenoxy) is 1. The molecule has 0 bridgehead atoms. The maximum atomic E-state index is 5.32. The van der Waals surface area contributed by atoms with E-state index in [9.17, 15) is 0 Å². The molecule has 0 aliphatic carbocycles. The maximum absolute atomic E-state index is 5.32. The van der Waals surface area contributed by atoms with Crippen molar-refractivity contribution >= 4 is 17.7 Å². The Bertz CT molecular complexity index is 328. The van der Waals surface area contributed by atoms with Crippen molar-refractivity contribution < 1.29 is 4.74 Å². The first-order valence-electron chi connectivity index (χ1n) is 6.62. The van der Waals surface area contributed by atoms with Gasteiger partial charge in [0.15, 0.2) is 0 Å². The van der Waals surface area contributed by atoms with Crippen molar-refractivity contribution in [3.8, 4) is 0 Å². The Morgan fingerprint density at radius 3 is 3.00 bits per heavy atom. The van der Waals surface area contributed by atoms with Gasteiger partial charge in [-0.05, 0) is 38.7 Å². The molecule has 1 aromatic rings. The van der Waals surface area contributed by atoms with Crippen LogP contribution in [0.5, 0.6) is 0 Å². The van der Waals surface area contributed by atoms with Crippen LogP contribution in [-0.2, 0) is 11.3 Å². The van der Waals surface area contributed by atoms with Crippen LogP contribution >= 0.6 is 11.8 Å². The number of anilines is 1. The molecular formula is C13H25N3OS. The molecule has 0 radical (unpaired) electrons. The fraction of sp³-hybridized carbons (Fsp3) is 0.769. The Balaban J connectivity index is 2.33. The second-order valence-corrected chi connectivity index (χ2v) is 5.21. The summed E-state index contributed by atoms with van der Waals surface area (Å²) in [5.41, 5.74) is 1.08. The van der Waals surface area contributed by atoms with Crippen LogP contribution in [0.1, 0.15) is 25.5 Å². The molecule has 5 heteroatoms. The van der Waals surface area contributed by atoms with Crippen molar-refractivity contribution in [3.05, 3.63) is 11.9 Å². The number of nitrogens with one attached hydrogen (secondary N) is 1. The molecule has 0 unspecified atom stereocenters. The first-order valence-corrected chi connectivity index (χ1v) is 8.01. The average molecular weight is 271 g/mol. The molecule has 4 nitrogen and oxygen atoms in total. The van der Waals surface area contributed by atoms with Crippen LogP contribution in [-0.4, -0.2) is 41.3 Å². The predicted molar refractivity (Wildman–Crippen MR) is 79.6 cm³/mol. The SMILES string of the molecule is CCOCCCNc1nc(C)cn1CCCSC. The molecule has 0 saturated carbocycles. The van der Waals surface area contributed by atoms with Crippen LogP contribution in [0.15, 0.2) is 6.20 Å². The molecule has 1 N–H and O–H groups in total. The molecule has 0 amide bonds. The number of imidazole rings is 1. The summed E-state index contributed by atoms with van der Waals surface area (Å²) >= 11 is 1.89. The van der Waals surface area contributed by atoms with E-state index >= 15 is 0 Å². The summed E-state index contributed by atoms with van der Waals surface area (Å²) in [5, 5.41) is 3.38. The van der Waals surface area contributed by atoms with E-state index in [-0.39, 0.29) is 0 Å². The van der Waals surface area contributed by atoms with Crippen LogP contribution in [0, 0.1) is 6.92 Å². The van der Waals surface area contributed by atoms with E-state index in [1.807, 2.05) is 25.6 Å². The van der Waals surface area contributed by atoms with Gasteiger partial charge in [-0.3, -0.25) is 0 Å². The first-order chi connectivity index (χ1) is 8.77. The molecule has 0 aliphatic rings. The van der Waals surface area contributed by atoms with E-state index in [1.165, 1.54) is 12.2 Å². The van der Waals surface area contributed by atoms with Gasteiger partial charge in [-0.1, -0.05) is 0 Å². The van der Waals surface area contributed by atoms with E-state index in [1.54, 1.807) is 0 Å². The zero-order valence-electron chi connectivity index (χ0n) is 11.7. The molecule has 0 spiro atoms. The Hall–Kier alpha value is -0.680. The third-order valence-electron chi connectivity index (χ3n) is 2.60. The lowest BCUT2D eigenvalue weighted by Crippen LogP contribution is -2.11. The summed E-state index contributed by atoms with van der Waals surface area (Å²) in [6, 6.07) is 0. The van der Waals surface area contributed by atoms with Crippen molar-refractivity contribution in [2.45, 2.75) is 33.2 Å². The predicted octanol–water partition coefficient (Wildman–Crippen LogP) is 2.78. The van der Waals surface area contributed by atoms with Crippen LogP contribution < -0.4 is 5.32 Å². The van der Waals surface area contributed by atoms with Gasteiger partial charge in [0.2, 0.25) is 5.95 Å². The van der Waals surface area contributed by atoms with Gasteiger partial charge in [0, 0.05) is 32.5 Å². The molecule has 18 heavy (non-hydrogen) atoms. The van der Waals surface area contributed by atoms with Crippen LogP contribution in [0.3, 0.4) is 0 Å². The third-order valence-corrected chi connectivity index (χ3v) is 3.29. The van der Waals surface area contributed by atoms with Gasteiger partial charge in [0.25, 0.3) is 0 Å². The number of hydrogen-bond acceptors (Lipinski definition) is 4. The van der Waals surface area contributed by atoms with Crippen molar-refractivity contribution in [1.29, 1.82) is 0 Å². The standard InChI is InChI=1S/C13H25N3OS/c1-4-17-9-5-7-14-13-15-12(2)11-16(13)8-6-10-18-3/h11H,4-10H2,1-3H3,(H,14,15). The second kappa shape index (κ2) is 9.28. The zero-order valence-corrected chi connectivity index (χ0v) is 12.6. The molecule has 1 aromatic heterocycles. The van der Waals surface area contributed by atoms with E-state index in [0.717, 1.165) is 44.4 Å². The average Bonchev–Trinajstić information content (AvgIpc) is 2.70. The number of thioether (sulfide) groups is 1. The fourth-order valence-corrected chi connectivity index (χ4v) is 2.17. The van der Waals surface area contributed by atoms with Gasteiger partial charge in [-0.15, -0.1) is 0 Å². The molecule has 0 saturated heterocycles. The van der Waals surface area contributed by atoms with Gasteiger partial charge in [0.1, 0.15) is 0 Å². The van der Waals surface area contributed by atoms with Crippen LogP contribution in [0.4, 0.5) is 5.95 Å². The molecule has 104 valence electrons. The van der Waals surface area contributed by atoms with Crippen molar-refractivity contribution in [2.75, 3.05) is 37.1 Å². The van der Waals surface area contributed by atoms with Gasteiger partial charge in [0.05, 0.1) is 5.69 Å². The molecule has 0 aromatic carbocycles. The lowest BCUT2D eigenvalue weighted by molar-refractivity contribution is 0.147. The zero-order chi connectivity index (χ0) is 13.2. The second-order valence-electron chi connectivity index (χ2n) is 4.22. The Kier molecular flexibility index (Phi) is 7.93. The van der Waals surface area contributed by atoms with Gasteiger partial charge in [-0.2, -0.15) is 11.8 Å². The number of rotatable bonds is 10. The minimum atomic E-state index is 0.794. The van der Waals surface area contributed by atoms with Gasteiger partial charge >= 0.3 is 0 Å². The van der Waals surface area contributed by atoms with Crippen molar-refractivity contribution in [1.82, 2.24) is 9.55 Å². The number of aryl methyl sites for hydroxylation is 2. The highest BCUT2D eigenvalue weighted by Gasteiger charge is 2.04. The molecule has 0 atom stereocenters. The Morgan fingerprint density at radius 2 is 2.28 bits per heavy atom. The van der Waals surface area contributed by atoms with Crippen LogP contribution in [0.2, 0.25) is 0 Å². The Morgan fingerprint density at radius 1 is 1.44 bits per heavy atom. The third kappa shape index (κ3) is 5.78. The van der Waals surface area contributed by atoms with E-state index in [4.69, 9.17) is 4.74 Å². The quantitative estimate of drug-likeness (QED) is 0.664. The lowest BCUT2D eigenvalue weighted by atomic mass is 10.4.